The molecule has 0 saturated carbocycles. The molecule has 17 heavy (non-hydrogen) atoms. The van der Waals surface area contributed by atoms with Gasteiger partial charge in [0.2, 0.25) is 5.02 Å². The van der Waals surface area contributed by atoms with Gasteiger partial charge in [0.1, 0.15) is 0 Å². The second kappa shape index (κ2) is 4.92. The van der Waals surface area contributed by atoms with Gasteiger partial charge in [-0.3, -0.25) is 9.13 Å². The van der Waals surface area contributed by atoms with Crippen LogP contribution in [-0.4, -0.2) is 42.9 Å². The Balaban J connectivity index is 3.25. The maximum absolute atomic E-state index is 11.4. The summed E-state index contributed by atoms with van der Waals surface area (Å²) in [7, 11) is -10.4. The molecule has 0 bridgehead atoms. The number of hydrogen-bond acceptors (Lipinski definition) is 5. The minimum absolute atomic E-state index is 0.140. The van der Waals surface area contributed by atoms with E-state index in [0.717, 1.165) is 0 Å². The van der Waals surface area contributed by atoms with E-state index in [9.17, 15) is 28.7 Å². The molecule has 0 aromatic rings. The molecule has 0 aromatic heterocycles. The molecule has 2 unspecified atom stereocenters. The average molecular weight is 306 g/mol. The molecule has 2 atom stereocenters. The smallest absolute Gasteiger partial charge is 0.323 e. The number of piperidine rings is 1. The van der Waals surface area contributed by atoms with Crippen LogP contribution in [0.4, 0.5) is 0 Å². The Morgan fingerprint density at radius 1 is 1.24 bits per heavy atom. The van der Waals surface area contributed by atoms with Crippen LogP contribution < -0.4 is 11.1 Å². The molecule has 8 nitrogen and oxygen atoms in total. The Kier molecular flexibility index (Phi) is 4.52. The number of rotatable bonds is 3. The lowest BCUT2D eigenvalue weighted by Crippen LogP contribution is -2.54. The van der Waals surface area contributed by atoms with Crippen molar-refractivity contribution in [2.75, 3.05) is 13.1 Å². The van der Waals surface area contributed by atoms with E-state index in [-0.39, 0.29) is 13.0 Å². The minimum atomic E-state index is -5.18. The first-order chi connectivity index (χ1) is 7.52. The SMILES string of the molecule is NC(C1CCNCC1S)(P(=O)(O)O)P(=O)(O)O. The minimum Gasteiger partial charge on any atom is -0.323 e. The van der Waals surface area contributed by atoms with E-state index in [2.05, 4.69) is 17.9 Å². The van der Waals surface area contributed by atoms with Crippen LogP contribution in [0.25, 0.3) is 0 Å². The molecule has 102 valence electrons. The largest absolute Gasteiger partial charge is 0.357 e. The zero-order chi connectivity index (χ0) is 13.5. The molecule has 1 saturated heterocycles. The molecule has 11 heteroatoms. The van der Waals surface area contributed by atoms with Crippen LogP contribution in [0.2, 0.25) is 0 Å². The van der Waals surface area contributed by atoms with Gasteiger partial charge in [0.05, 0.1) is 0 Å². The molecule has 0 radical (unpaired) electrons. The van der Waals surface area contributed by atoms with Crippen molar-refractivity contribution < 1.29 is 28.7 Å². The second-order valence-electron chi connectivity index (χ2n) is 4.04. The molecule has 0 amide bonds. The average Bonchev–Trinajstić information content (AvgIpc) is 2.13. The molecular weight excluding hydrogens is 290 g/mol. The highest BCUT2D eigenvalue weighted by Gasteiger charge is 2.63. The summed E-state index contributed by atoms with van der Waals surface area (Å²) in [4.78, 5) is 36.7. The van der Waals surface area contributed by atoms with Gasteiger partial charge < -0.3 is 30.6 Å². The Bertz CT molecular complexity index is 359. The Morgan fingerprint density at radius 2 is 1.71 bits per heavy atom. The molecule has 1 fully saturated rings. The van der Waals surface area contributed by atoms with Gasteiger partial charge in [-0.15, -0.1) is 0 Å². The highest BCUT2D eigenvalue weighted by Crippen LogP contribution is 2.70. The topological polar surface area (TPSA) is 153 Å². The quantitative estimate of drug-likeness (QED) is 0.255. The van der Waals surface area contributed by atoms with Gasteiger partial charge in [0, 0.05) is 17.7 Å². The fourth-order valence-electron chi connectivity index (χ4n) is 1.94. The van der Waals surface area contributed by atoms with Crippen LogP contribution in [0.15, 0.2) is 0 Å². The van der Waals surface area contributed by atoms with Gasteiger partial charge in [0.15, 0.2) is 0 Å². The van der Waals surface area contributed by atoms with Gasteiger partial charge >= 0.3 is 15.2 Å². The number of nitrogens with two attached hydrogens (primary N) is 1. The number of nitrogens with one attached hydrogen (secondary N) is 1. The summed E-state index contributed by atoms with van der Waals surface area (Å²) in [5, 5.41) is -0.596. The fraction of sp³-hybridized carbons (Fsp3) is 1.00. The molecule has 0 aliphatic carbocycles. The number of hydrogen-bond donors (Lipinski definition) is 7. The molecule has 0 aromatic carbocycles. The van der Waals surface area contributed by atoms with Crippen molar-refractivity contribution in [2.24, 2.45) is 11.7 Å². The van der Waals surface area contributed by atoms with E-state index in [1.807, 2.05) is 0 Å². The van der Waals surface area contributed by atoms with Crippen LogP contribution in [0.1, 0.15) is 6.42 Å². The monoisotopic (exact) mass is 306 g/mol. The lowest BCUT2D eigenvalue weighted by Gasteiger charge is -2.42. The van der Waals surface area contributed by atoms with E-state index in [0.29, 0.717) is 6.54 Å². The van der Waals surface area contributed by atoms with Crippen LogP contribution in [0.5, 0.6) is 0 Å². The predicted octanol–water partition coefficient (Wildman–Crippen LogP) is -1.14. The number of thiol groups is 1. The normalized spacial score (nSPS) is 28.1. The molecular formula is C6H16N2O6P2S. The van der Waals surface area contributed by atoms with E-state index in [4.69, 9.17) is 5.73 Å². The highest BCUT2D eigenvalue weighted by atomic mass is 32.1. The summed E-state index contributed by atoms with van der Waals surface area (Å²) in [6.07, 6.45) is 0.140. The van der Waals surface area contributed by atoms with Crippen molar-refractivity contribution in [1.82, 2.24) is 5.32 Å². The predicted molar refractivity (Wildman–Crippen MR) is 64.8 cm³/mol. The lowest BCUT2D eigenvalue weighted by atomic mass is 9.97. The Labute approximate surface area is 104 Å². The summed E-state index contributed by atoms with van der Waals surface area (Å²) in [5.41, 5.74) is 5.41. The third-order valence-corrected chi connectivity index (χ3v) is 7.56. The molecule has 1 aliphatic heterocycles. The third kappa shape index (κ3) is 2.78. The van der Waals surface area contributed by atoms with E-state index >= 15 is 0 Å². The van der Waals surface area contributed by atoms with Crippen LogP contribution in [-0.2, 0) is 9.13 Å². The highest BCUT2D eigenvalue weighted by molar-refractivity contribution is 7.81. The maximum Gasteiger partial charge on any atom is 0.357 e. The van der Waals surface area contributed by atoms with E-state index in [1.54, 1.807) is 0 Å². The molecule has 1 rings (SSSR count). The zero-order valence-electron chi connectivity index (χ0n) is 8.80. The van der Waals surface area contributed by atoms with Crippen molar-refractivity contribution in [3.63, 3.8) is 0 Å². The standard InChI is InChI=1S/C6H16N2O6P2S/c7-6(15(9,10)11,16(12,13)14)4-1-2-8-3-5(4)17/h4-5,8,17H,1-3,7H2,(H2,9,10,11)(H2,12,13,14). The van der Waals surface area contributed by atoms with Crippen molar-refractivity contribution in [2.45, 2.75) is 16.7 Å². The summed E-state index contributed by atoms with van der Waals surface area (Å²) < 4.78 is 22.7. The maximum atomic E-state index is 11.4. The summed E-state index contributed by atoms with van der Waals surface area (Å²) in [5.74, 6) is -1.06. The van der Waals surface area contributed by atoms with Crippen molar-refractivity contribution >= 4 is 27.8 Å². The van der Waals surface area contributed by atoms with Gasteiger partial charge in [-0.1, -0.05) is 0 Å². The first-order valence-corrected chi connectivity index (χ1v) is 8.55. The van der Waals surface area contributed by atoms with Gasteiger partial charge in [-0.25, -0.2) is 0 Å². The first kappa shape index (κ1) is 15.6. The Morgan fingerprint density at radius 3 is 2.06 bits per heavy atom. The molecule has 1 aliphatic rings. The zero-order valence-corrected chi connectivity index (χ0v) is 11.5. The fourth-order valence-corrected chi connectivity index (χ4v) is 5.53. The van der Waals surface area contributed by atoms with Gasteiger partial charge in [-0.2, -0.15) is 12.6 Å². The summed E-state index contributed by atoms with van der Waals surface area (Å²) >= 11 is 4.08. The van der Waals surface area contributed by atoms with Gasteiger partial charge in [-0.05, 0) is 13.0 Å². The molecule has 7 N–H and O–H groups in total. The first-order valence-electron chi connectivity index (χ1n) is 4.80. The van der Waals surface area contributed by atoms with Crippen LogP contribution >= 0.6 is 27.8 Å². The van der Waals surface area contributed by atoms with Crippen molar-refractivity contribution in [1.29, 1.82) is 0 Å². The summed E-state index contributed by atoms with van der Waals surface area (Å²) in [6.45, 7) is 0.660. The van der Waals surface area contributed by atoms with Gasteiger partial charge in [0.25, 0.3) is 0 Å². The van der Waals surface area contributed by atoms with Crippen LogP contribution in [0, 0.1) is 5.92 Å². The lowest BCUT2D eigenvalue weighted by molar-refractivity contribution is 0.246. The second-order valence-corrected chi connectivity index (χ2v) is 8.71. The Hall–Kier alpha value is 0.570. The molecule has 1 heterocycles. The molecule has 0 spiro atoms. The van der Waals surface area contributed by atoms with E-state index in [1.165, 1.54) is 0 Å². The summed E-state index contributed by atoms with van der Waals surface area (Å²) in [6, 6.07) is 0. The third-order valence-electron chi connectivity index (χ3n) is 2.93. The van der Waals surface area contributed by atoms with Crippen LogP contribution in [0.3, 0.4) is 0 Å². The van der Waals surface area contributed by atoms with Crippen molar-refractivity contribution in [3.05, 3.63) is 0 Å². The van der Waals surface area contributed by atoms with E-state index < -0.39 is 31.4 Å². The van der Waals surface area contributed by atoms with Crippen molar-refractivity contribution in [3.8, 4) is 0 Å².